The standard InChI is InChI=1S/C20H16Cl2N2O2/c1-23-17(11-13-6-4-3-5-7-13)19(25)24(2)18(20(23)26)12-14-8-9-15(21)16(22)10-14/h3-12H,1-2H3/b17-11-,18-12-. The molecule has 0 saturated carbocycles. The Morgan fingerprint density at radius 3 is 1.81 bits per heavy atom. The predicted molar refractivity (Wildman–Crippen MR) is 106 cm³/mol. The van der Waals surface area contributed by atoms with Crippen LogP contribution in [0, 0.1) is 0 Å². The fourth-order valence-electron chi connectivity index (χ4n) is 2.63. The highest BCUT2D eigenvalue weighted by atomic mass is 35.5. The van der Waals surface area contributed by atoms with Gasteiger partial charge in [0.15, 0.2) is 0 Å². The van der Waals surface area contributed by atoms with Crippen LogP contribution in [0.1, 0.15) is 11.1 Å². The molecule has 0 atom stereocenters. The molecule has 26 heavy (non-hydrogen) atoms. The van der Waals surface area contributed by atoms with Crippen molar-refractivity contribution in [3.63, 3.8) is 0 Å². The first kappa shape index (κ1) is 18.2. The van der Waals surface area contributed by atoms with Crippen molar-refractivity contribution in [2.75, 3.05) is 0 Å². The Balaban J connectivity index is 2.30. The second kappa shape index (κ2) is 7.36. The molecule has 0 fully saturated rings. The van der Waals surface area contributed by atoms with E-state index in [9.17, 15) is 9.59 Å². The van der Waals surface area contributed by atoms with Crippen molar-refractivity contribution in [3.8, 4) is 0 Å². The minimum absolute atomic E-state index is 0.262. The Hall–Kier alpha value is -2.56. The van der Waals surface area contributed by atoms with Crippen LogP contribution in [0.4, 0.5) is 0 Å². The summed E-state index contributed by atoms with van der Waals surface area (Å²) in [4.78, 5) is 25.6. The number of rotatable bonds is 2. The van der Waals surface area contributed by atoms with Crippen LogP contribution in [0.25, 0.3) is 12.2 Å². The molecule has 0 aliphatic carbocycles. The topological polar surface area (TPSA) is 44.0 Å². The first-order valence-electron chi connectivity index (χ1n) is 7.88. The molecule has 0 radical (unpaired) electrons. The Kier molecular flexibility index (Phi) is 5.16. The van der Waals surface area contributed by atoms with Gasteiger partial charge in [0, 0.05) is 14.1 Å². The largest absolute Gasteiger partial charge is 0.305 e. The van der Waals surface area contributed by atoms with E-state index < -0.39 is 0 Å². The Morgan fingerprint density at radius 2 is 1.27 bits per heavy atom. The zero-order chi connectivity index (χ0) is 18.8. The number of hydrogen-bond acceptors (Lipinski definition) is 2. The first-order chi connectivity index (χ1) is 12.4. The predicted octanol–water partition coefficient (Wildman–Crippen LogP) is 2.05. The highest BCUT2D eigenvalue weighted by Gasteiger charge is 2.06. The summed E-state index contributed by atoms with van der Waals surface area (Å²) < 4.78 is 2.71. The van der Waals surface area contributed by atoms with E-state index in [0.717, 1.165) is 5.56 Å². The third-order valence-electron chi connectivity index (χ3n) is 4.12. The van der Waals surface area contributed by atoms with Gasteiger partial charge >= 0.3 is 0 Å². The molecule has 3 aromatic rings. The van der Waals surface area contributed by atoms with Gasteiger partial charge in [0.2, 0.25) is 0 Å². The van der Waals surface area contributed by atoms with Crippen LogP contribution >= 0.6 is 23.2 Å². The third kappa shape index (κ3) is 3.52. The molecule has 0 saturated heterocycles. The molecule has 0 amide bonds. The van der Waals surface area contributed by atoms with Crippen molar-refractivity contribution in [3.05, 3.63) is 101 Å². The maximum absolute atomic E-state index is 12.8. The molecule has 0 unspecified atom stereocenters. The SMILES string of the molecule is Cn1c(=O)/c(=C/c2ccc(Cl)c(Cl)c2)n(C)c(=O)/c1=C/c1ccccc1. The van der Waals surface area contributed by atoms with Gasteiger partial charge in [-0.2, -0.15) is 0 Å². The van der Waals surface area contributed by atoms with Crippen LogP contribution in [-0.2, 0) is 14.1 Å². The fraction of sp³-hybridized carbons (Fsp3) is 0.100. The van der Waals surface area contributed by atoms with Gasteiger partial charge < -0.3 is 9.13 Å². The summed E-state index contributed by atoms with van der Waals surface area (Å²) >= 11 is 12.0. The van der Waals surface area contributed by atoms with Crippen molar-refractivity contribution < 1.29 is 0 Å². The van der Waals surface area contributed by atoms with Crippen molar-refractivity contribution in [1.29, 1.82) is 0 Å². The summed E-state index contributed by atoms with van der Waals surface area (Å²) in [5, 5.41) is 1.39. The summed E-state index contributed by atoms with van der Waals surface area (Å²) in [6.07, 6.45) is 3.32. The van der Waals surface area contributed by atoms with E-state index >= 15 is 0 Å². The number of aromatic nitrogens is 2. The molecule has 6 heteroatoms. The van der Waals surface area contributed by atoms with Gasteiger partial charge in [-0.3, -0.25) is 9.59 Å². The Bertz CT molecular complexity index is 1210. The van der Waals surface area contributed by atoms with Crippen LogP contribution in [0.15, 0.2) is 58.1 Å². The molecular formula is C20H16Cl2N2O2. The van der Waals surface area contributed by atoms with Gasteiger partial charge in [0.1, 0.15) is 10.7 Å². The number of halogens is 2. The summed E-state index contributed by atoms with van der Waals surface area (Å²) in [5.74, 6) is 0. The molecule has 0 aliphatic heterocycles. The van der Waals surface area contributed by atoms with Gasteiger partial charge in [-0.15, -0.1) is 0 Å². The summed E-state index contributed by atoms with van der Waals surface area (Å²) in [7, 11) is 3.17. The lowest BCUT2D eigenvalue weighted by Gasteiger charge is -2.05. The van der Waals surface area contributed by atoms with Crippen LogP contribution in [-0.4, -0.2) is 9.13 Å². The zero-order valence-electron chi connectivity index (χ0n) is 14.2. The van der Waals surface area contributed by atoms with Gasteiger partial charge in [0.25, 0.3) is 11.1 Å². The fourth-order valence-corrected chi connectivity index (χ4v) is 2.94. The number of benzene rings is 2. The second-order valence-corrected chi connectivity index (χ2v) is 6.69. The molecule has 2 aromatic carbocycles. The molecule has 0 bridgehead atoms. The van der Waals surface area contributed by atoms with Crippen LogP contribution in [0.2, 0.25) is 10.0 Å². The Morgan fingerprint density at radius 1 is 0.731 bits per heavy atom. The molecule has 0 N–H and O–H groups in total. The maximum Gasteiger partial charge on any atom is 0.274 e. The average molecular weight is 387 g/mol. The molecule has 3 rings (SSSR count). The van der Waals surface area contributed by atoms with E-state index in [1.807, 2.05) is 30.3 Å². The van der Waals surface area contributed by atoms with Gasteiger partial charge in [-0.1, -0.05) is 59.6 Å². The summed E-state index contributed by atoms with van der Waals surface area (Å²) in [6.45, 7) is 0. The minimum Gasteiger partial charge on any atom is -0.305 e. The van der Waals surface area contributed by atoms with E-state index in [1.54, 1.807) is 44.4 Å². The third-order valence-corrected chi connectivity index (χ3v) is 4.86. The van der Waals surface area contributed by atoms with E-state index in [4.69, 9.17) is 23.2 Å². The number of hydrogen-bond donors (Lipinski definition) is 0. The van der Waals surface area contributed by atoms with Gasteiger partial charge in [-0.05, 0) is 35.4 Å². The molecule has 4 nitrogen and oxygen atoms in total. The van der Waals surface area contributed by atoms with Crippen molar-refractivity contribution in [1.82, 2.24) is 9.13 Å². The smallest absolute Gasteiger partial charge is 0.274 e. The van der Waals surface area contributed by atoms with Crippen molar-refractivity contribution in [2.24, 2.45) is 14.1 Å². The molecular weight excluding hydrogens is 371 g/mol. The lowest BCUT2D eigenvalue weighted by Crippen LogP contribution is -2.56. The van der Waals surface area contributed by atoms with Crippen LogP contribution < -0.4 is 21.8 Å². The van der Waals surface area contributed by atoms with E-state index in [0.29, 0.717) is 21.0 Å². The molecule has 1 heterocycles. The second-order valence-electron chi connectivity index (χ2n) is 5.87. The van der Waals surface area contributed by atoms with E-state index in [2.05, 4.69) is 0 Å². The highest BCUT2D eigenvalue weighted by molar-refractivity contribution is 6.42. The minimum atomic E-state index is -0.277. The summed E-state index contributed by atoms with van der Waals surface area (Å²) in [5.41, 5.74) is 0.995. The van der Waals surface area contributed by atoms with Crippen molar-refractivity contribution in [2.45, 2.75) is 0 Å². The van der Waals surface area contributed by atoms with E-state index in [1.165, 1.54) is 9.13 Å². The highest BCUT2D eigenvalue weighted by Crippen LogP contribution is 2.22. The normalized spacial score (nSPS) is 12.6. The van der Waals surface area contributed by atoms with Gasteiger partial charge in [0.05, 0.1) is 10.0 Å². The van der Waals surface area contributed by atoms with Crippen LogP contribution in [0.5, 0.6) is 0 Å². The monoisotopic (exact) mass is 386 g/mol. The van der Waals surface area contributed by atoms with Crippen molar-refractivity contribution >= 4 is 35.4 Å². The lowest BCUT2D eigenvalue weighted by atomic mass is 10.2. The van der Waals surface area contributed by atoms with Crippen LogP contribution in [0.3, 0.4) is 0 Å². The average Bonchev–Trinajstić information content (AvgIpc) is 2.64. The zero-order valence-corrected chi connectivity index (χ0v) is 15.8. The number of nitrogens with zero attached hydrogens (tertiary/aromatic N) is 2. The quantitative estimate of drug-likeness (QED) is 0.676. The summed E-state index contributed by atoms with van der Waals surface area (Å²) in [6, 6.07) is 14.4. The maximum atomic E-state index is 12.8. The molecule has 0 aliphatic rings. The van der Waals surface area contributed by atoms with E-state index in [-0.39, 0.29) is 16.5 Å². The Labute approximate surface area is 159 Å². The molecule has 1 aromatic heterocycles. The first-order valence-corrected chi connectivity index (χ1v) is 8.63. The lowest BCUT2D eigenvalue weighted by molar-refractivity contribution is 0.696. The van der Waals surface area contributed by atoms with Gasteiger partial charge in [-0.25, -0.2) is 0 Å². The molecule has 0 spiro atoms. The molecule has 132 valence electrons.